The van der Waals surface area contributed by atoms with Gasteiger partial charge in [-0.05, 0) is 70.8 Å². The van der Waals surface area contributed by atoms with Crippen molar-refractivity contribution in [2.45, 2.75) is 29.1 Å². The van der Waals surface area contributed by atoms with Crippen LogP contribution in [0.15, 0.2) is 174 Å². The summed E-state index contributed by atoms with van der Waals surface area (Å²) in [5, 5.41) is 3.79. The smallest absolute Gasteiger partial charge is 0.164 e. The number of aromatic nitrogens is 5. The number of benzene rings is 7. The van der Waals surface area contributed by atoms with E-state index in [9.17, 15) is 0 Å². The van der Waals surface area contributed by atoms with Crippen LogP contribution in [0.25, 0.3) is 89.5 Å². The minimum absolute atomic E-state index is 0.0737. The molecule has 0 saturated heterocycles. The van der Waals surface area contributed by atoms with Crippen LogP contribution in [-0.4, -0.2) is 24.1 Å². The number of nitrogens with zero attached hydrogens (tertiary/aromatic N) is 5. The molecule has 10 aromatic rings. The van der Waals surface area contributed by atoms with Crippen LogP contribution in [0.3, 0.4) is 0 Å². The van der Waals surface area contributed by atoms with Gasteiger partial charge in [0.2, 0.25) is 0 Å². The Balaban J connectivity index is 1.06. The summed E-state index contributed by atoms with van der Waals surface area (Å²) in [6, 6.07) is 58.6. The van der Waals surface area contributed by atoms with E-state index in [1.807, 2.05) is 30.0 Å². The van der Waals surface area contributed by atoms with Crippen LogP contribution in [-0.2, 0) is 5.41 Å². The van der Waals surface area contributed by atoms with Crippen molar-refractivity contribution in [2.75, 3.05) is 0 Å². The zero-order valence-corrected chi connectivity index (χ0v) is 31.5. The molecule has 12 rings (SSSR count). The Hall–Kier alpha value is -6.76. The van der Waals surface area contributed by atoms with Gasteiger partial charge >= 0.3 is 0 Å². The van der Waals surface area contributed by atoms with Crippen LogP contribution in [0.5, 0.6) is 0 Å². The van der Waals surface area contributed by atoms with Gasteiger partial charge in [0.05, 0.1) is 16.7 Å². The highest BCUT2D eigenvalue weighted by Crippen LogP contribution is 2.51. The van der Waals surface area contributed by atoms with Gasteiger partial charge in [-0.25, -0.2) is 15.0 Å². The van der Waals surface area contributed by atoms with Crippen LogP contribution < -0.4 is 0 Å². The molecule has 4 heterocycles. The molecule has 0 unspecified atom stereocenters. The van der Waals surface area contributed by atoms with Gasteiger partial charge in [-0.3, -0.25) is 9.13 Å². The first-order chi connectivity index (χ1) is 27.5. The quantitative estimate of drug-likeness (QED) is 0.181. The third kappa shape index (κ3) is 4.42. The number of fused-ring (bicyclic) bond motifs is 10. The maximum Gasteiger partial charge on any atom is 0.164 e. The lowest BCUT2D eigenvalue weighted by Gasteiger charge is -2.22. The lowest BCUT2D eigenvalue weighted by Crippen LogP contribution is -2.14. The summed E-state index contributed by atoms with van der Waals surface area (Å²) in [4.78, 5) is 17.9. The molecule has 3 aromatic heterocycles. The van der Waals surface area contributed by atoms with E-state index in [-0.39, 0.29) is 5.41 Å². The average molecular weight is 736 g/mol. The van der Waals surface area contributed by atoms with Crippen molar-refractivity contribution >= 4 is 44.6 Å². The van der Waals surface area contributed by atoms with Crippen molar-refractivity contribution in [3.8, 4) is 56.7 Å². The fourth-order valence-corrected chi connectivity index (χ4v) is 10.3. The molecule has 0 amide bonds. The normalized spacial score (nSPS) is 13.6. The molecule has 0 radical (unpaired) electrons. The average Bonchev–Trinajstić information content (AvgIpc) is 3.85. The van der Waals surface area contributed by atoms with Crippen molar-refractivity contribution in [3.63, 3.8) is 0 Å². The molecule has 5 nitrogen and oxygen atoms in total. The zero-order valence-electron chi connectivity index (χ0n) is 30.7. The largest absolute Gasteiger partial charge is 0.295 e. The molecule has 7 aromatic carbocycles. The number of rotatable bonds is 4. The van der Waals surface area contributed by atoms with Gasteiger partial charge in [-0.1, -0.05) is 141 Å². The summed E-state index contributed by atoms with van der Waals surface area (Å²) in [6.45, 7) is 4.62. The van der Waals surface area contributed by atoms with Crippen LogP contribution in [0.2, 0.25) is 0 Å². The van der Waals surface area contributed by atoms with E-state index >= 15 is 0 Å². The lowest BCUT2D eigenvalue weighted by molar-refractivity contribution is 0.660. The van der Waals surface area contributed by atoms with Gasteiger partial charge in [-0.2, -0.15) is 0 Å². The summed E-state index contributed by atoms with van der Waals surface area (Å²) < 4.78 is 4.89. The number of hydrogen-bond acceptors (Lipinski definition) is 4. The van der Waals surface area contributed by atoms with E-state index in [1.54, 1.807) is 0 Å². The van der Waals surface area contributed by atoms with E-state index in [2.05, 4.69) is 169 Å². The first-order valence-electron chi connectivity index (χ1n) is 19.0. The van der Waals surface area contributed by atoms with E-state index in [0.29, 0.717) is 17.5 Å². The van der Waals surface area contributed by atoms with Crippen LogP contribution >= 0.6 is 11.8 Å². The van der Waals surface area contributed by atoms with Gasteiger partial charge < -0.3 is 0 Å². The van der Waals surface area contributed by atoms with Gasteiger partial charge in [0, 0.05) is 53.7 Å². The second-order valence-corrected chi connectivity index (χ2v) is 16.3. The van der Waals surface area contributed by atoms with E-state index < -0.39 is 0 Å². The van der Waals surface area contributed by atoms with Crippen molar-refractivity contribution in [3.05, 3.63) is 175 Å². The summed E-state index contributed by atoms with van der Waals surface area (Å²) in [6.07, 6.45) is 0. The van der Waals surface area contributed by atoms with Gasteiger partial charge in [0.25, 0.3) is 0 Å². The molecule has 0 spiro atoms. The molecule has 0 saturated carbocycles. The van der Waals surface area contributed by atoms with Crippen molar-refractivity contribution in [1.29, 1.82) is 0 Å². The highest BCUT2D eigenvalue weighted by molar-refractivity contribution is 7.99. The summed E-state index contributed by atoms with van der Waals surface area (Å²) in [5.41, 5.74) is 13.9. The topological polar surface area (TPSA) is 48.5 Å². The molecule has 0 N–H and O–H groups in total. The minimum Gasteiger partial charge on any atom is -0.295 e. The second kappa shape index (κ2) is 11.6. The Morgan fingerprint density at radius 2 is 1.12 bits per heavy atom. The fraction of sp³-hybridized carbons (Fsp3) is 0.0600. The lowest BCUT2D eigenvalue weighted by atomic mass is 9.82. The van der Waals surface area contributed by atoms with Crippen molar-refractivity contribution in [1.82, 2.24) is 24.1 Å². The maximum absolute atomic E-state index is 5.23. The Labute approximate surface area is 328 Å². The third-order valence-corrected chi connectivity index (χ3v) is 12.9. The molecule has 0 atom stereocenters. The summed E-state index contributed by atoms with van der Waals surface area (Å²) in [5.74, 6) is 1.97. The molecule has 1 aliphatic carbocycles. The minimum atomic E-state index is -0.0737. The molecule has 6 heteroatoms. The van der Waals surface area contributed by atoms with Crippen LogP contribution in [0.1, 0.15) is 25.0 Å². The number of para-hydroxylation sites is 3. The molecule has 2 aliphatic rings. The first kappa shape index (κ1) is 31.6. The highest BCUT2D eigenvalue weighted by Gasteiger charge is 2.35. The molecule has 0 fully saturated rings. The second-order valence-electron chi connectivity index (χ2n) is 15.3. The molecule has 0 bridgehead atoms. The summed E-state index contributed by atoms with van der Waals surface area (Å²) >= 11 is 1.82. The van der Waals surface area contributed by atoms with E-state index in [1.165, 1.54) is 60.0 Å². The van der Waals surface area contributed by atoms with E-state index in [0.717, 1.165) is 33.0 Å². The SMILES string of the molecule is CC1(C)c2ccccc2-c2cc(-c3nc(-c4ccccc4)nc(-c4ccc5c(c4)Sc4cccc6c7c8ccccc8n(-c8ccccc8)c7n-5c46)n3)ccc21. The number of hydrogen-bond donors (Lipinski definition) is 0. The molecule has 264 valence electrons. The van der Waals surface area contributed by atoms with Crippen molar-refractivity contribution in [2.24, 2.45) is 0 Å². The van der Waals surface area contributed by atoms with Crippen molar-refractivity contribution < 1.29 is 0 Å². The maximum atomic E-state index is 5.23. The third-order valence-electron chi connectivity index (χ3n) is 11.8. The first-order valence-corrected chi connectivity index (χ1v) is 19.9. The van der Waals surface area contributed by atoms with Crippen LogP contribution in [0.4, 0.5) is 0 Å². The predicted octanol–water partition coefficient (Wildman–Crippen LogP) is 12.7. The Morgan fingerprint density at radius 1 is 0.482 bits per heavy atom. The highest BCUT2D eigenvalue weighted by atomic mass is 32.2. The Morgan fingerprint density at radius 3 is 1.95 bits per heavy atom. The molecular weight excluding hydrogens is 703 g/mol. The molecular formula is C50H33N5S. The molecule has 1 aliphatic heterocycles. The molecule has 56 heavy (non-hydrogen) atoms. The summed E-state index contributed by atoms with van der Waals surface area (Å²) in [7, 11) is 0. The fourth-order valence-electron chi connectivity index (χ4n) is 9.17. The monoisotopic (exact) mass is 735 g/mol. The Bertz CT molecular complexity index is 3250. The predicted molar refractivity (Wildman–Crippen MR) is 229 cm³/mol. The Kier molecular flexibility index (Phi) is 6.55. The van der Waals surface area contributed by atoms with Crippen LogP contribution in [0, 0.1) is 0 Å². The van der Waals surface area contributed by atoms with Gasteiger partial charge in [0.1, 0.15) is 5.65 Å². The van der Waals surface area contributed by atoms with Gasteiger partial charge in [0.15, 0.2) is 17.5 Å². The zero-order chi connectivity index (χ0) is 37.1. The van der Waals surface area contributed by atoms with E-state index in [4.69, 9.17) is 15.0 Å². The van der Waals surface area contributed by atoms with Gasteiger partial charge in [-0.15, -0.1) is 0 Å². The standard InChI is InChI=1S/C50H33N5S/c1-50(2)38-21-11-9-18-34(38)37-28-31(24-26-39(37)50)47-51-46(30-14-5-3-6-15-30)52-48(53-47)32-25-27-41-43(29-32)56-42-23-13-20-36-44-35-19-10-12-22-40(35)54(33-16-7-4-8-17-33)49(44)55(41)45(36)42/h3-29H,1-2H3.